The summed E-state index contributed by atoms with van der Waals surface area (Å²) in [7, 11) is 0. The van der Waals surface area contributed by atoms with Crippen molar-refractivity contribution in [3.63, 3.8) is 0 Å². The lowest BCUT2D eigenvalue weighted by molar-refractivity contribution is -0.385. The lowest BCUT2D eigenvalue weighted by Crippen LogP contribution is -2.34. The maximum Gasteiger partial charge on any atom is 0.272 e. The van der Waals surface area contributed by atoms with E-state index in [4.69, 9.17) is 5.11 Å². The van der Waals surface area contributed by atoms with E-state index in [9.17, 15) is 14.5 Å². The van der Waals surface area contributed by atoms with E-state index in [1.807, 2.05) is 13.8 Å². The van der Waals surface area contributed by atoms with Gasteiger partial charge in [0.25, 0.3) is 5.69 Å². The number of non-ortho nitro benzene ring substituents is 1. The van der Waals surface area contributed by atoms with E-state index in [0.717, 1.165) is 6.07 Å². The first-order valence-electron chi connectivity index (χ1n) is 5.28. The molecule has 0 radical (unpaired) electrons. The molecule has 17 heavy (non-hydrogen) atoms. The van der Waals surface area contributed by atoms with Gasteiger partial charge in [0, 0.05) is 18.7 Å². The van der Waals surface area contributed by atoms with Gasteiger partial charge in [-0.15, -0.1) is 0 Å². The van der Waals surface area contributed by atoms with Crippen molar-refractivity contribution < 1.29 is 14.4 Å². The molecular formula is C11H15FN2O3. The van der Waals surface area contributed by atoms with Crippen molar-refractivity contribution in [3.05, 3.63) is 34.1 Å². The summed E-state index contributed by atoms with van der Waals surface area (Å²) < 4.78 is 13.7. The van der Waals surface area contributed by atoms with Crippen LogP contribution in [0.1, 0.15) is 13.8 Å². The number of nitrogens with zero attached hydrogens (tertiary/aromatic N) is 2. The van der Waals surface area contributed by atoms with Crippen LogP contribution < -0.4 is 4.90 Å². The Bertz CT molecular complexity index is 410. The number of hydrogen-bond acceptors (Lipinski definition) is 4. The summed E-state index contributed by atoms with van der Waals surface area (Å²) in [5.74, 6) is -0.652. The molecule has 0 saturated carbocycles. The van der Waals surface area contributed by atoms with Crippen molar-refractivity contribution >= 4 is 11.4 Å². The highest BCUT2D eigenvalue weighted by molar-refractivity contribution is 5.52. The fourth-order valence-corrected chi connectivity index (χ4v) is 1.61. The number of hydrogen-bond donors (Lipinski definition) is 1. The molecule has 5 nitrogen and oxygen atoms in total. The normalized spacial score (nSPS) is 10.6. The predicted octanol–water partition coefficient (Wildman–Crippen LogP) is 1.94. The molecule has 1 aromatic rings. The highest BCUT2D eigenvalue weighted by atomic mass is 19.1. The summed E-state index contributed by atoms with van der Waals surface area (Å²) in [6, 6.07) is 3.51. The standard InChI is InChI=1S/C11H15FN2O3/c1-8(2)13(5-6-15)11-4-3-9(14(16)17)7-10(11)12/h3-4,7-8,15H,5-6H2,1-2H3. The molecule has 94 valence electrons. The van der Waals surface area contributed by atoms with Gasteiger partial charge in [-0.25, -0.2) is 4.39 Å². The number of nitro benzene ring substituents is 1. The lowest BCUT2D eigenvalue weighted by atomic mass is 10.2. The quantitative estimate of drug-likeness (QED) is 0.633. The van der Waals surface area contributed by atoms with Gasteiger partial charge in [0.2, 0.25) is 0 Å². The first-order valence-corrected chi connectivity index (χ1v) is 5.28. The Balaban J connectivity index is 3.08. The van der Waals surface area contributed by atoms with Gasteiger partial charge in [0.05, 0.1) is 23.3 Å². The van der Waals surface area contributed by atoms with Gasteiger partial charge in [-0.3, -0.25) is 10.1 Å². The van der Waals surface area contributed by atoms with Gasteiger partial charge in [0.15, 0.2) is 5.82 Å². The fourth-order valence-electron chi connectivity index (χ4n) is 1.61. The molecule has 0 bridgehead atoms. The maximum atomic E-state index is 13.7. The Hall–Kier alpha value is -1.69. The molecule has 1 N–H and O–H groups in total. The van der Waals surface area contributed by atoms with Crippen LogP contribution in [-0.4, -0.2) is 29.2 Å². The molecule has 6 heteroatoms. The molecule has 0 aliphatic rings. The average molecular weight is 242 g/mol. The van der Waals surface area contributed by atoms with E-state index < -0.39 is 10.7 Å². The number of rotatable bonds is 5. The molecule has 0 amide bonds. The highest BCUT2D eigenvalue weighted by Gasteiger charge is 2.17. The molecule has 0 aliphatic heterocycles. The summed E-state index contributed by atoms with van der Waals surface area (Å²) in [5.41, 5.74) is -0.0152. The number of benzene rings is 1. The molecule has 0 aromatic heterocycles. The Morgan fingerprint density at radius 3 is 2.59 bits per heavy atom. The molecule has 0 heterocycles. The van der Waals surface area contributed by atoms with Crippen LogP contribution in [0.4, 0.5) is 15.8 Å². The van der Waals surface area contributed by atoms with Crippen molar-refractivity contribution in [2.45, 2.75) is 19.9 Å². The summed E-state index contributed by atoms with van der Waals surface area (Å²) in [6.07, 6.45) is 0. The molecule has 0 atom stereocenters. The van der Waals surface area contributed by atoms with E-state index in [0.29, 0.717) is 0 Å². The Morgan fingerprint density at radius 1 is 1.53 bits per heavy atom. The smallest absolute Gasteiger partial charge is 0.272 e. The highest BCUT2D eigenvalue weighted by Crippen LogP contribution is 2.25. The van der Waals surface area contributed by atoms with Gasteiger partial charge >= 0.3 is 0 Å². The SMILES string of the molecule is CC(C)N(CCO)c1ccc([N+](=O)[O-])cc1F. The summed E-state index contributed by atoms with van der Waals surface area (Å²) in [4.78, 5) is 11.5. The average Bonchev–Trinajstić information content (AvgIpc) is 2.26. The monoisotopic (exact) mass is 242 g/mol. The van der Waals surface area contributed by atoms with Gasteiger partial charge in [-0.05, 0) is 19.9 Å². The second kappa shape index (κ2) is 5.58. The van der Waals surface area contributed by atoms with Crippen molar-refractivity contribution in [1.82, 2.24) is 0 Å². The van der Waals surface area contributed by atoms with Crippen LogP contribution in [-0.2, 0) is 0 Å². The van der Waals surface area contributed by atoms with E-state index >= 15 is 0 Å². The van der Waals surface area contributed by atoms with E-state index in [-0.39, 0.29) is 30.6 Å². The van der Waals surface area contributed by atoms with Crippen molar-refractivity contribution in [1.29, 1.82) is 0 Å². The second-order valence-electron chi connectivity index (χ2n) is 3.90. The Labute approximate surface area is 98.6 Å². The van der Waals surface area contributed by atoms with Crippen molar-refractivity contribution in [2.75, 3.05) is 18.1 Å². The summed E-state index contributed by atoms with van der Waals surface area (Å²) in [6.45, 7) is 3.90. The van der Waals surface area contributed by atoms with Gasteiger partial charge in [-0.1, -0.05) is 0 Å². The number of aliphatic hydroxyl groups excluding tert-OH is 1. The van der Waals surface area contributed by atoms with Crippen LogP contribution in [0.25, 0.3) is 0 Å². The minimum atomic E-state index is -0.652. The fraction of sp³-hybridized carbons (Fsp3) is 0.455. The molecule has 0 unspecified atom stereocenters. The van der Waals surface area contributed by atoms with Crippen LogP contribution >= 0.6 is 0 Å². The topological polar surface area (TPSA) is 66.6 Å². The Morgan fingerprint density at radius 2 is 2.18 bits per heavy atom. The second-order valence-corrected chi connectivity index (χ2v) is 3.90. The van der Waals surface area contributed by atoms with Gasteiger partial charge in [0.1, 0.15) is 0 Å². The number of anilines is 1. The van der Waals surface area contributed by atoms with Crippen LogP contribution in [0.2, 0.25) is 0 Å². The molecule has 0 spiro atoms. The summed E-state index contributed by atoms with van der Waals surface area (Å²) in [5, 5.41) is 19.4. The third kappa shape index (κ3) is 3.13. The number of halogens is 1. The van der Waals surface area contributed by atoms with Crippen LogP contribution in [0.15, 0.2) is 18.2 Å². The van der Waals surface area contributed by atoms with Crippen LogP contribution in [0.3, 0.4) is 0 Å². The summed E-state index contributed by atoms with van der Waals surface area (Å²) >= 11 is 0. The van der Waals surface area contributed by atoms with E-state index in [2.05, 4.69) is 0 Å². The Kier molecular flexibility index (Phi) is 4.39. The predicted molar refractivity (Wildman–Crippen MR) is 62.6 cm³/mol. The lowest BCUT2D eigenvalue weighted by Gasteiger charge is -2.28. The third-order valence-corrected chi connectivity index (χ3v) is 2.42. The minimum Gasteiger partial charge on any atom is -0.395 e. The number of nitro groups is 1. The molecule has 1 rings (SSSR count). The zero-order valence-electron chi connectivity index (χ0n) is 9.76. The zero-order chi connectivity index (χ0) is 13.0. The number of aliphatic hydroxyl groups is 1. The molecule has 0 fully saturated rings. The van der Waals surface area contributed by atoms with Crippen LogP contribution in [0.5, 0.6) is 0 Å². The zero-order valence-corrected chi connectivity index (χ0v) is 9.76. The first kappa shape index (κ1) is 13.4. The van der Waals surface area contributed by atoms with E-state index in [1.54, 1.807) is 4.90 Å². The third-order valence-electron chi connectivity index (χ3n) is 2.42. The first-order chi connectivity index (χ1) is 7.97. The van der Waals surface area contributed by atoms with Gasteiger partial charge < -0.3 is 10.0 Å². The molecular weight excluding hydrogens is 227 g/mol. The van der Waals surface area contributed by atoms with Crippen molar-refractivity contribution in [2.24, 2.45) is 0 Å². The molecule has 1 aromatic carbocycles. The molecule has 0 saturated heterocycles. The van der Waals surface area contributed by atoms with E-state index in [1.165, 1.54) is 12.1 Å². The van der Waals surface area contributed by atoms with Gasteiger partial charge in [-0.2, -0.15) is 0 Å². The van der Waals surface area contributed by atoms with Crippen molar-refractivity contribution in [3.8, 4) is 0 Å². The molecule has 0 aliphatic carbocycles. The minimum absolute atomic E-state index is 0.00175. The largest absolute Gasteiger partial charge is 0.395 e. The maximum absolute atomic E-state index is 13.7. The van der Waals surface area contributed by atoms with Crippen LogP contribution in [0, 0.1) is 15.9 Å².